The summed E-state index contributed by atoms with van der Waals surface area (Å²) in [6, 6.07) is 10.9. The molecule has 0 heterocycles. The molecule has 0 aliphatic carbocycles. The molecule has 0 saturated heterocycles. The SMILES string of the molecule is COc1ccccc1C(=O)OCC(=O)Nc1ccc(C)cc1F. The number of benzene rings is 2. The van der Waals surface area contributed by atoms with E-state index in [0.717, 1.165) is 5.56 Å². The van der Waals surface area contributed by atoms with Crippen LogP contribution in [-0.4, -0.2) is 25.6 Å². The Morgan fingerprint density at radius 2 is 1.91 bits per heavy atom. The predicted octanol–water partition coefficient (Wildman–Crippen LogP) is 2.94. The van der Waals surface area contributed by atoms with Crippen molar-refractivity contribution in [2.24, 2.45) is 0 Å². The van der Waals surface area contributed by atoms with Crippen LogP contribution in [-0.2, 0) is 9.53 Å². The largest absolute Gasteiger partial charge is 0.496 e. The molecular formula is C17H16FNO4. The van der Waals surface area contributed by atoms with Crippen LogP contribution in [0.25, 0.3) is 0 Å². The minimum Gasteiger partial charge on any atom is -0.496 e. The number of esters is 1. The third-order valence-corrected chi connectivity index (χ3v) is 3.06. The summed E-state index contributed by atoms with van der Waals surface area (Å²) in [5.74, 6) is -1.52. The van der Waals surface area contributed by atoms with Gasteiger partial charge in [-0.25, -0.2) is 9.18 Å². The molecule has 0 fully saturated rings. The number of anilines is 1. The summed E-state index contributed by atoms with van der Waals surface area (Å²) in [6.45, 7) is 1.22. The van der Waals surface area contributed by atoms with E-state index in [1.165, 1.54) is 25.3 Å². The number of aryl methyl sites for hydroxylation is 1. The summed E-state index contributed by atoms with van der Waals surface area (Å²) < 4.78 is 23.6. The second-order valence-electron chi connectivity index (χ2n) is 4.81. The summed E-state index contributed by atoms with van der Waals surface area (Å²) >= 11 is 0. The van der Waals surface area contributed by atoms with Crippen molar-refractivity contribution in [2.45, 2.75) is 6.92 Å². The second-order valence-corrected chi connectivity index (χ2v) is 4.81. The zero-order chi connectivity index (χ0) is 16.8. The van der Waals surface area contributed by atoms with Crippen molar-refractivity contribution in [3.63, 3.8) is 0 Å². The monoisotopic (exact) mass is 317 g/mol. The van der Waals surface area contributed by atoms with E-state index < -0.39 is 24.3 Å². The van der Waals surface area contributed by atoms with Crippen molar-refractivity contribution in [2.75, 3.05) is 19.0 Å². The summed E-state index contributed by atoms with van der Waals surface area (Å²) in [5.41, 5.74) is 0.987. The highest BCUT2D eigenvalue weighted by molar-refractivity contribution is 5.96. The molecule has 0 saturated carbocycles. The van der Waals surface area contributed by atoms with E-state index in [-0.39, 0.29) is 11.3 Å². The van der Waals surface area contributed by atoms with Crippen LogP contribution in [0.4, 0.5) is 10.1 Å². The quantitative estimate of drug-likeness (QED) is 0.861. The normalized spacial score (nSPS) is 10.0. The number of rotatable bonds is 5. The lowest BCUT2D eigenvalue weighted by Crippen LogP contribution is -2.21. The molecule has 5 nitrogen and oxygen atoms in total. The van der Waals surface area contributed by atoms with Crippen LogP contribution in [0.5, 0.6) is 5.75 Å². The number of methoxy groups -OCH3 is 1. The number of ether oxygens (including phenoxy) is 2. The van der Waals surface area contributed by atoms with Gasteiger partial charge in [-0.15, -0.1) is 0 Å². The molecule has 0 aromatic heterocycles. The van der Waals surface area contributed by atoms with E-state index in [1.807, 2.05) is 0 Å². The molecule has 23 heavy (non-hydrogen) atoms. The first kappa shape index (κ1) is 16.5. The Morgan fingerprint density at radius 1 is 1.17 bits per heavy atom. The molecule has 6 heteroatoms. The summed E-state index contributed by atoms with van der Waals surface area (Å²) in [6.07, 6.45) is 0. The summed E-state index contributed by atoms with van der Waals surface area (Å²) in [5, 5.41) is 2.35. The van der Waals surface area contributed by atoms with E-state index in [9.17, 15) is 14.0 Å². The van der Waals surface area contributed by atoms with Gasteiger partial charge in [0.25, 0.3) is 5.91 Å². The predicted molar refractivity (Wildman–Crippen MR) is 83.0 cm³/mol. The molecule has 1 N–H and O–H groups in total. The molecular weight excluding hydrogens is 301 g/mol. The summed E-state index contributed by atoms with van der Waals surface area (Å²) in [7, 11) is 1.43. The van der Waals surface area contributed by atoms with Crippen molar-refractivity contribution in [1.29, 1.82) is 0 Å². The van der Waals surface area contributed by atoms with Crippen molar-refractivity contribution in [1.82, 2.24) is 0 Å². The second kappa shape index (κ2) is 7.40. The Balaban J connectivity index is 1.95. The standard InChI is InChI=1S/C17H16FNO4/c1-11-7-8-14(13(18)9-11)19-16(20)10-23-17(21)12-5-3-4-6-15(12)22-2/h3-9H,10H2,1-2H3,(H,19,20). The number of hydrogen-bond donors (Lipinski definition) is 1. The van der Waals surface area contributed by atoms with Gasteiger partial charge in [-0.1, -0.05) is 18.2 Å². The van der Waals surface area contributed by atoms with E-state index in [2.05, 4.69) is 5.32 Å². The van der Waals surface area contributed by atoms with Crippen LogP contribution in [0.15, 0.2) is 42.5 Å². The molecule has 0 unspecified atom stereocenters. The Kier molecular flexibility index (Phi) is 5.30. The molecule has 0 radical (unpaired) electrons. The van der Waals surface area contributed by atoms with E-state index >= 15 is 0 Å². The Labute approximate surface area is 133 Å². The number of carbonyl (C=O) groups excluding carboxylic acids is 2. The van der Waals surface area contributed by atoms with Crippen LogP contribution < -0.4 is 10.1 Å². The van der Waals surface area contributed by atoms with Crippen LogP contribution in [0.2, 0.25) is 0 Å². The van der Waals surface area contributed by atoms with Gasteiger partial charge in [-0.2, -0.15) is 0 Å². The number of hydrogen-bond acceptors (Lipinski definition) is 4. The van der Waals surface area contributed by atoms with Gasteiger partial charge in [0.1, 0.15) is 17.1 Å². The molecule has 0 aliphatic rings. The lowest BCUT2D eigenvalue weighted by molar-refractivity contribution is -0.119. The Hall–Kier alpha value is -2.89. The fourth-order valence-electron chi connectivity index (χ4n) is 1.93. The lowest BCUT2D eigenvalue weighted by atomic mass is 10.2. The highest BCUT2D eigenvalue weighted by atomic mass is 19.1. The molecule has 2 aromatic carbocycles. The van der Waals surface area contributed by atoms with Crippen molar-refractivity contribution < 1.29 is 23.5 Å². The fourth-order valence-corrected chi connectivity index (χ4v) is 1.93. The van der Waals surface area contributed by atoms with Crippen molar-refractivity contribution in [3.8, 4) is 5.75 Å². The van der Waals surface area contributed by atoms with Gasteiger partial charge in [-0.05, 0) is 36.8 Å². The molecule has 2 rings (SSSR count). The molecule has 0 aliphatic heterocycles. The number of para-hydroxylation sites is 1. The minimum atomic E-state index is -0.693. The number of nitrogens with one attached hydrogen (secondary N) is 1. The average Bonchev–Trinajstić information content (AvgIpc) is 2.55. The van der Waals surface area contributed by atoms with Gasteiger partial charge in [-0.3, -0.25) is 4.79 Å². The third kappa shape index (κ3) is 4.29. The third-order valence-electron chi connectivity index (χ3n) is 3.06. The fraction of sp³-hybridized carbons (Fsp3) is 0.176. The van der Waals surface area contributed by atoms with Crippen molar-refractivity contribution >= 4 is 17.6 Å². The first-order chi connectivity index (χ1) is 11.0. The van der Waals surface area contributed by atoms with Gasteiger partial charge in [0.2, 0.25) is 0 Å². The smallest absolute Gasteiger partial charge is 0.342 e. The lowest BCUT2D eigenvalue weighted by Gasteiger charge is -2.09. The molecule has 2 aromatic rings. The molecule has 0 atom stereocenters. The molecule has 0 bridgehead atoms. The van der Waals surface area contributed by atoms with Gasteiger partial charge >= 0.3 is 5.97 Å². The molecule has 1 amide bonds. The highest BCUT2D eigenvalue weighted by Gasteiger charge is 2.15. The van der Waals surface area contributed by atoms with Gasteiger partial charge in [0, 0.05) is 0 Å². The van der Waals surface area contributed by atoms with E-state index in [4.69, 9.17) is 9.47 Å². The first-order valence-electron chi connectivity index (χ1n) is 6.87. The van der Waals surface area contributed by atoms with Gasteiger partial charge in [0.05, 0.1) is 12.8 Å². The molecule has 0 spiro atoms. The van der Waals surface area contributed by atoms with Crippen LogP contribution in [0.3, 0.4) is 0 Å². The van der Waals surface area contributed by atoms with Crippen LogP contribution >= 0.6 is 0 Å². The molecule has 120 valence electrons. The highest BCUT2D eigenvalue weighted by Crippen LogP contribution is 2.18. The maximum absolute atomic E-state index is 13.6. The van der Waals surface area contributed by atoms with E-state index in [1.54, 1.807) is 31.2 Å². The van der Waals surface area contributed by atoms with Crippen molar-refractivity contribution in [3.05, 3.63) is 59.4 Å². The number of carbonyl (C=O) groups is 2. The topological polar surface area (TPSA) is 64.6 Å². The average molecular weight is 317 g/mol. The maximum atomic E-state index is 13.6. The number of amides is 1. The summed E-state index contributed by atoms with van der Waals surface area (Å²) in [4.78, 5) is 23.7. The zero-order valence-electron chi connectivity index (χ0n) is 12.8. The Morgan fingerprint density at radius 3 is 2.61 bits per heavy atom. The van der Waals surface area contributed by atoms with Crippen LogP contribution in [0, 0.1) is 12.7 Å². The van der Waals surface area contributed by atoms with Gasteiger partial charge in [0.15, 0.2) is 6.61 Å². The zero-order valence-corrected chi connectivity index (χ0v) is 12.8. The van der Waals surface area contributed by atoms with E-state index in [0.29, 0.717) is 5.75 Å². The minimum absolute atomic E-state index is 0.0361. The maximum Gasteiger partial charge on any atom is 0.342 e. The van der Waals surface area contributed by atoms with Crippen LogP contribution in [0.1, 0.15) is 15.9 Å². The Bertz CT molecular complexity index is 730. The number of halogens is 1. The van der Waals surface area contributed by atoms with Gasteiger partial charge < -0.3 is 14.8 Å². The first-order valence-corrected chi connectivity index (χ1v) is 6.87.